The smallest absolute Gasteiger partial charge is 0.378 e. The Labute approximate surface area is 296 Å². The van der Waals surface area contributed by atoms with E-state index in [0.29, 0.717) is 37.4 Å². The Morgan fingerprint density at radius 3 is 1.98 bits per heavy atom. The Bertz CT molecular complexity index is 2250. The summed E-state index contributed by atoms with van der Waals surface area (Å²) in [5.74, 6) is -4.52. The third-order valence-corrected chi connectivity index (χ3v) is 9.61. The summed E-state index contributed by atoms with van der Waals surface area (Å²) in [7, 11) is 0. The van der Waals surface area contributed by atoms with E-state index in [-0.39, 0.29) is 17.0 Å². The van der Waals surface area contributed by atoms with Crippen molar-refractivity contribution in [3.8, 4) is 28.2 Å². The number of pyridine rings is 1. The first-order valence-corrected chi connectivity index (χ1v) is 16.3. The molecular formula is C35H28F6N10O2. The van der Waals surface area contributed by atoms with Crippen LogP contribution in [0.5, 0.6) is 0 Å². The molecule has 272 valence electrons. The number of halogens is 6. The van der Waals surface area contributed by atoms with Gasteiger partial charge in [-0.1, -0.05) is 29.5 Å². The van der Waals surface area contributed by atoms with Gasteiger partial charge in [-0.2, -0.15) is 22.0 Å². The van der Waals surface area contributed by atoms with Crippen LogP contribution in [-0.4, -0.2) is 82.8 Å². The van der Waals surface area contributed by atoms with Crippen molar-refractivity contribution >= 4 is 11.4 Å². The normalized spacial score (nSPS) is 18.1. The third kappa shape index (κ3) is 6.02. The number of rotatable bonds is 7. The molecule has 1 fully saturated rings. The quantitative estimate of drug-likeness (QED) is 0.215. The van der Waals surface area contributed by atoms with E-state index in [1.54, 1.807) is 12.1 Å². The number of aromatic nitrogens is 8. The first kappa shape index (κ1) is 34.2. The van der Waals surface area contributed by atoms with Crippen LogP contribution >= 0.6 is 0 Å². The first-order chi connectivity index (χ1) is 25.3. The molecule has 3 aromatic carbocycles. The van der Waals surface area contributed by atoms with Crippen LogP contribution < -0.4 is 9.80 Å². The highest BCUT2D eigenvalue weighted by atomic mass is 19.4. The van der Waals surface area contributed by atoms with E-state index in [9.17, 15) is 27.8 Å². The molecule has 0 amide bonds. The van der Waals surface area contributed by atoms with Crippen LogP contribution in [0.3, 0.4) is 0 Å². The van der Waals surface area contributed by atoms with Crippen LogP contribution in [0.2, 0.25) is 0 Å². The molecule has 18 heteroatoms. The lowest BCUT2D eigenvalue weighted by Gasteiger charge is -2.39. The topological polar surface area (TPSA) is 134 Å². The fourth-order valence-electron chi connectivity index (χ4n) is 6.70. The number of hydrogen-bond acceptors (Lipinski definition) is 10. The third-order valence-electron chi connectivity index (χ3n) is 9.61. The SMILES string of the molecule is OC(c1cn(-c2ccc(N3CCN(c4ccc(-c5ccc(C(F)(F)[C@]6(O)Cn7nnnc7-c7cc(F)ccc76)nc5)cc4)CC3)cc2)nn1)C(F)(F)F. The summed E-state index contributed by atoms with van der Waals surface area (Å²) in [5, 5.41) is 39.1. The number of aliphatic hydroxyl groups excluding tert-OH is 1. The van der Waals surface area contributed by atoms with E-state index in [1.165, 1.54) is 16.9 Å². The van der Waals surface area contributed by atoms with Crippen LogP contribution in [0.1, 0.15) is 23.1 Å². The molecule has 5 heterocycles. The number of fused-ring (bicyclic) bond motifs is 3. The van der Waals surface area contributed by atoms with E-state index >= 15 is 8.78 Å². The number of hydrogen-bond donors (Lipinski definition) is 2. The zero-order chi connectivity index (χ0) is 37.1. The standard InChI is InChI=1S/C35H28F6N10O2/c36-23-4-11-28-27(17-23)32-44-45-47-51(32)20-33(28,53)34(37,38)30-12-3-22(18-42-30)21-1-5-24(6-2-21)48-13-15-49(16-14-48)25-7-9-26(10-8-25)50-19-29(43-46-50)31(52)35(39,40)41/h1-12,17-19,31,52-53H,13-16,20H2/t31?,33-/m0/s1. The van der Waals surface area contributed by atoms with Gasteiger partial charge in [0.25, 0.3) is 0 Å². The van der Waals surface area contributed by atoms with Gasteiger partial charge in [0, 0.05) is 60.4 Å². The molecule has 1 saturated heterocycles. The van der Waals surface area contributed by atoms with Crippen LogP contribution in [-0.2, 0) is 18.1 Å². The van der Waals surface area contributed by atoms with E-state index < -0.39 is 47.6 Å². The second-order valence-corrected chi connectivity index (χ2v) is 12.8. The van der Waals surface area contributed by atoms with Crippen molar-refractivity contribution in [3.05, 3.63) is 114 Å². The molecule has 0 aliphatic carbocycles. The number of benzene rings is 3. The van der Waals surface area contributed by atoms with E-state index in [0.717, 1.165) is 52.1 Å². The molecule has 2 N–H and O–H groups in total. The minimum atomic E-state index is -4.84. The van der Waals surface area contributed by atoms with E-state index in [2.05, 4.69) is 40.6 Å². The minimum Gasteiger partial charge on any atom is -0.378 e. The second-order valence-electron chi connectivity index (χ2n) is 12.8. The molecule has 12 nitrogen and oxygen atoms in total. The number of anilines is 2. The lowest BCUT2D eigenvalue weighted by Crippen LogP contribution is -2.49. The molecule has 2 aliphatic rings. The summed E-state index contributed by atoms with van der Waals surface area (Å²) in [6, 6.07) is 20.5. The van der Waals surface area contributed by atoms with Gasteiger partial charge in [0.05, 0.1) is 18.4 Å². The van der Waals surface area contributed by atoms with Gasteiger partial charge < -0.3 is 20.0 Å². The number of tetrazole rings is 1. The van der Waals surface area contributed by atoms with Crippen molar-refractivity contribution in [3.63, 3.8) is 0 Å². The zero-order valence-corrected chi connectivity index (χ0v) is 27.4. The molecular weight excluding hydrogens is 706 g/mol. The number of nitrogens with zero attached hydrogens (tertiary/aromatic N) is 10. The zero-order valence-electron chi connectivity index (χ0n) is 27.4. The maximum atomic E-state index is 16.1. The lowest BCUT2D eigenvalue weighted by molar-refractivity contribution is -0.208. The van der Waals surface area contributed by atoms with Crippen LogP contribution in [0.25, 0.3) is 28.2 Å². The summed E-state index contributed by atoms with van der Waals surface area (Å²) in [4.78, 5) is 8.44. The lowest BCUT2D eigenvalue weighted by atomic mass is 9.80. The van der Waals surface area contributed by atoms with Gasteiger partial charge in [0.1, 0.15) is 17.2 Å². The van der Waals surface area contributed by atoms with Crippen molar-refractivity contribution in [2.45, 2.75) is 30.3 Å². The predicted molar refractivity (Wildman–Crippen MR) is 177 cm³/mol. The average Bonchev–Trinajstić information content (AvgIpc) is 3.85. The monoisotopic (exact) mass is 734 g/mol. The largest absolute Gasteiger partial charge is 0.420 e. The first-order valence-electron chi connectivity index (χ1n) is 16.3. The Morgan fingerprint density at radius 2 is 1.36 bits per heavy atom. The number of aliphatic hydroxyl groups is 2. The van der Waals surface area contributed by atoms with Gasteiger partial charge in [-0.15, -0.1) is 10.2 Å². The molecule has 2 atom stereocenters. The summed E-state index contributed by atoms with van der Waals surface area (Å²) >= 11 is 0. The molecule has 6 aromatic rings. The van der Waals surface area contributed by atoms with Gasteiger partial charge in [-0.25, -0.2) is 13.8 Å². The highest BCUT2D eigenvalue weighted by Crippen LogP contribution is 2.50. The average molecular weight is 735 g/mol. The molecule has 8 rings (SSSR count). The minimum absolute atomic E-state index is 0.0336. The summed E-state index contributed by atoms with van der Waals surface area (Å²) in [6.45, 7) is 2.15. The van der Waals surface area contributed by atoms with Gasteiger partial charge in [-0.05, 0) is 70.6 Å². The molecule has 3 aromatic heterocycles. The summed E-state index contributed by atoms with van der Waals surface area (Å²) in [5.41, 5.74) is -0.584. The van der Waals surface area contributed by atoms with Crippen LogP contribution in [0.15, 0.2) is 91.3 Å². The van der Waals surface area contributed by atoms with Crippen molar-refractivity contribution in [2.75, 3.05) is 36.0 Å². The summed E-state index contributed by atoms with van der Waals surface area (Å²) < 4.78 is 87.0. The van der Waals surface area contributed by atoms with E-state index in [4.69, 9.17) is 0 Å². The molecule has 0 saturated carbocycles. The van der Waals surface area contributed by atoms with Gasteiger partial charge >= 0.3 is 12.1 Å². The molecule has 0 spiro atoms. The summed E-state index contributed by atoms with van der Waals surface area (Å²) in [6.07, 6.45) is -5.19. The maximum Gasteiger partial charge on any atom is 0.420 e. The Balaban J connectivity index is 0.911. The Morgan fingerprint density at radius 1 is 0.736 bits per heavy atom. The van der Waals surface area contributed by atoms with Gasteiger partial charge in [-0.3, -0.25) is 4.98 Å². The van der Waals surface area contributed by atoms with Gasteiger partial charge in [0.15, 0.2) is 17.5 Å². The van der Waals surface area contributed by atoms with Crippen LogP contribution in [0.4, 0.5) is 37.7 Å². The van der Waals surface area contributed by atoms with Crippen molar-refractivity contribution in [1.29, 1.82) is 0 Å². The molecule has 53 heavy (non-hydrogen) atoms. The van der Waals surface area contributed by atoms with E-state index in [1.807, 2.05) is 36.4 Å². The second kappa shape index (κ2) is 12.7. The fourth-order valence-corrected chi connectivity index (χ4v) is 6.70. The van der Waals surface area contributed by atoms with Gasteiger partial charge in [0.2, 0.25) is 0 Å². The van der Waals surface area contributed by atoms with Crippen molar-refractivity contribution in [2.24, 2.45) is 0 Å². The van der Waals surface area contributed by atoms with Crippen molar-refractivity contribution in [1.82, 2.24) is 40.2 Å². The van der Waals surface area contributed by atoms with Crippen LogP contribution in [0, 0.1) is 5.82 Å². The fraction of sp³-hybridized carbons (Fsp3) is 0.257. The van der Waals surface area contributed by atoms with Crippen molar-refractivity contribution < 1.29 is 36.6 Å². The predicted octanol–water partition coefficient (Wildman–Crippen LogP) is 5.04. The Kier molecular flexibility index (Phi) is 8.17. The molecule has 1 unspecified atom stereocenters. The number of piperazine rings is 1. The molecule has 0 bridgehead atoms. The maximum absolute atomic E-state index is 16.1. The highest BCUT2D eigenvalue weighted by molar-refractivity contribution is 5.67. The highest BCUT2D eigenvalue weighted by Gasteiger charge is 2.59. The Hall–Kier alpha value is -5.88. The number of alkyl halides is 5. The molecule has 0 radical (unpaired) electrons. The molecule has 2 aliphatic heterocycles.